The highest BCUT2D eigenvalue weighted by atomic mass is 35.5. The molecule has 0 aromatic heterocycles. The standard InChI is InChI=1S/C9H8ClF2NO2/c10-3-5-1-7(11)8(12)2-6(5)4-13-9(14)15/h1-2,13H,3-4H2,(H,14,15). The fraction of sp³-hybridized carbons (Fsp3) is 0.222. The lowest BCUT2D eigenvalue weighted by atomic mass is 10.1. The Morgan fingerprint density at radius 2 is 1.87 bits per heavy atom. The maximum atomic E-state index is 12.8. The second-order valence-electron chi connectivity index (χ2n) is 2.83. The maximum Gasteiger partial charge on any atom is 0.404 e. The molecular formula is C9H8ClF2NO2. The smallest absolute Gasteiger partial charge is 0.404 e. The highest BCUT2D eigenvalue weighted by Gasteiger charge is 2.09. The minimum absolute atomic E-state index is 0.00612. The minimum atomic E-state index is -1.24. The molecule has 0 aliphatic heterocycles. The first kappa shape index (κ1) is 11.7. The Kier molecular flexibility index (Phi) is 3.85. The van der Waals surface area contributed by atoms with Crippen molar-refractivity contribution in [3.63, 3.8) is 0 Å². The quantitative estimate of drug-likeness (QED) is 0.791. The molecule has 0 saturated heterocycles. The van der Waals surface area contributed by atoms with Crippen molar-refractivity contribution in [2.24, 2.45) is 0 Å². The van der Waals surface area contributed by atoms with Gasteiger partial charge in [-0.1, -0.05) is 0 Å². The van der Waals surface area contributed by atoms with Gasteiger partial charge in [0.2, 0.25) is 0 Å². The lowest BCUT2D eigenvalue weighted by Gasteiger charge is -2.07. The summed E-state index contributed by atoms with van der Waals surface area (Å²) >= 11 is 5.51. The summed E-state index contributed by atoms with van der Waals surface area (Å²) in [6, 6.07) is 1.89. The van der Waals surface area contributed by atoms with Gasteiger partial charge in [-0.25, -0.2) is 13.6 Å². The second-order valence-corrected chi connectivity index (χ2v) is 3.09. The fourth-order valence-corrected chi connectivity index (χ4v) is 1.34. The largest absolute Gasteiger partial charge is 0.465 e. The van der Waals surface area contributed by atoms with E-state index < -0.39 is 17.7 Å². The van der Waals surface area contributed by atoms with E-state index in [0.717, 1.165) is 12.1 Å². The summed E-state index contributed by atoms with van der Waals surface area (Å²) in [4.78, 5) is 10.2. The molecule has 0 aliphatic rings. The molecule has 82 valence electrons. The molecule has 1 rings (SSSR count). The van der Waals surface area contributed by atoms with Crippen molar-refractivity contribution in [1.82, 2.24) is 5.32 Å². The molecule has 3 nitrogen and oxygen atoms in total. The number of alkyl halides is 1. The Balaban J connectivity index is 2.94. The van der Waals surface area contributed by atoms with Crippen LogP contribution in [0.15, 0.2) is 12.1 Å². The third-order valence-corrected chi connectivity index (χ3v) is 2.10. The zero-order chi connectivity index (χ0) is 11.4. The third kappa shape index (κ3) is 3.06. The van der Waals surface area contributed by atoms with E-state index in [1.807, 2.05) is 0 Å². The van der Waals surface area contributed by atoms with Crippen molar-refractivity contribution in [1.29, 1.82) is 0 Å². The number of hydrogen-bond donors (Lipinski definition) is 2. The number of carbonyl (C=O) groups is 1. The van der Waals surface area contributed by atoms with Crippen LogP contribution >= 0.6 is 11.6 Å². The molecular weight excluding hydrogens is 228 g/mol. The Labute approximate surface area is 89.7 Å². The number of halogens is 3. The van der Waals surface area contributed by atoms with Crippen molar-refractivity contribution in [2.45, 2.75) is 12.4 Å². The van der Waals surface area contributed by atoms with E-state index in [1.165, 1.54) is 0 Å². The maximum absolute atomic E-state index is 12.8. The summed E-state index contributed by atoms with van der Waals surface area (Å²) in [5.41, 5.74) is 0.690. The Morgan fingerprint density at radius 3 is 2.33 bits per heavy atom. The van der Waals surface area contributed by atoms with Crippen molar-refractivity contribution in [3.8, 4) is 0 Å². The van der Waals surface area contributed by atoms with Crippen LogP contribution in [-0.4, -0.2) is 11.2 Å². The molecule has 0 bridgehead atoms. The number of rotatable bonds is 3. The molecule has 15 heavy (non-hydrogen) atoms. The number of benzene rings is 1. The van der Waals surface area contributed by atoms with E-state index in [2.05, 4.69) is 5.32 Å². The van der Waals surface area contributed by atoms with Crippen LogP contribution in [0.2, 0.25) is 0 Å². The SMILES string of the molecule is O=C(O)NCc1cc(F)c(F)cc1CCl. The van der Waals surface area contributed by atoms with Crippen LogP contribution in [0.3, 0.4) is 0 Å². The Bertz CT molecular complexity index is 385. The van der Waals surface area contributed by atoms with E-state index in [0.29, 0.717) is 11.1 Å². The van der Waals surface area contributed by atoms with Gasteiger partial charge in [-0.2, -0.15) is 0 Å². The van der Waals surface area contributed by atoms with Gasteiger partial charge in [0.25, 0.3) is 0 Å². The summed E-state index contributed by atoms with van der Waals surface area (Å²) in [5, 5.41) is 10.4. The molecule has 0 heterocycles. The summed E-state index contributed by atoms with van der Waals surface area (Å²) < 4.78 is 25.6. The summed E-state index contributed by atoms with van der Waals surface area (Å²) in [5.74, 6) is -2.02. The highest BCUT2D eigenvalue weighted by molar-refractivity contribution is 6.17. The Morgan fingerprint density at radius 1 is 1.33 bits per heavy atom. The van der Waals surface area contributed by atoms with E-state index in [1.54, 1.807) is 0 Å². The molecule has 1 aromatic carbocycles. The molecule has 0 aliphatic carbocycles. The van der Waals surface area contributed by atoms with Crippen LogP contribution < -0.4 is 5.32 Å². The monoisotopic (exact) mass is 235 g/mol. The van der Waals surface area contributed by atoms with Crippen molar-refractivity contribution in [3.05, 3.63) is 34.9 Å². The molecule has 0 spiro atoms. The number of hydrogen-bond acceptors (Lipinski definition) is 1. The van der Waals surface area contributed by atoms with E-state index >= 15 is 0 Å². The highest BCUT2D eigenvalue weighted by Crippen LogP contribution is 2.16. The molecule has 1 aromatic rings. The minimum Gasteiger partial charge on any atom is -0.465 e. The fourth-order valence-electron chi connectivity index (χ4n) is 1.09. The lowest BCUT2D eigenvalue weighted by molar-refractivity contribution is 0.194. The van der Waals surface area contributed by atoms with Gasteiger partial charge in [0.1, 0.15) is 0 Å². The van der Waals surface area contributed by atoms with Gasteiger partial charge in [0, 0.05) is 12.4 Å². The predicted molar refractivity (Wildman–Crippen MR) is 50.8 cm³/mol. The average Bonchev–Trinajstić information content (AvgIpc) is 2.19. The van der Waals surface area contributed by atoms with Crippen molar-refractivity contribution < 1.29 is 18.7 Å². The first-order valence-corrected chi connectivity index (χ1v) is 4.57. The molecule has 0 radical (unpaired) electrons. The van der Waals surface area contributed by atoms with Crippen LogP contribution in [0.4, 0.5) is 13.6 Å². The number of carboxylic acid groups (broad SMARTS) is 1. The zero-order valence-electron chi connectivity index (χ0n) is 7.56. The van der Waals surface area contributed by atoms with Crippen LogP contribution in [0.1, 0.15) is 11.1 Å². The molecule has 6 heteroatoms. The lowest BCUT2D eigenvalue weighted by Crippen LogP contribution is -2.20. The van der Waals surface area contributed by atoms with E-state index in [9.17, 15) is 13.6 Å². The zero-order valence-corrected chi connectivity index (χ0v) is 8.31. The van der Waals surface area contributed by atoms with Gasteiger partial charge in [0.15, 0.2) is 11.6 Å². The second kappa shape index (κ2) is 4.93. The number of nitrogens with one attached hydrogen (secondary N) is 1. The Hall–Kier alpha value is -1.36. The van der Waals surface area contributed by atoms with Crippen molar-refractivity contribution >= 4 is 17.7 Å². The molecule has 0 saturated carbocycles. The summed E-state index contributed by atoms with van der Waals surface area (Å²) in [7, 11) is 0. The van der Waals surface area contributed by atoms with Gasteiger partial charge in [-0.05, 0) is 23.3 Å². The summed E-state index contributed by atoms with van der Waals surface area (Å²) in [6.07, 6.45) is -1.24. The summed E-state index contributed by atoms with van der Waals surface area (Å²) in [6.45, 7) is -0.103. The third-order valence-electron chi connectivity index (χ3n) is 1.82. The van der Waals surface area contributed by atoms with Crippen LogP contribution in [0.5, 0.6) is 0 Å². The van der Waals surface area contributed by atoms with Crippen LogP contribution in [-0.2, 0) is 12.4 Å². The normalized spacial score (nSPS) is 10.1. The van der Waals surface area contributed by atoms with Gasteiger partial charge >= 0.3 is 6.09 Å². The van der Waals surface area contributed by atoms with Crippen LogP contribution in [0, 0.1) is 11.6 Å². The van der Waals surface area contributed by atoms with Gasteiger partial charge < -0.3 is 10.4 Å². The van der Waals surface area contributed by atoms with Gasteiger partial charge in [-0.3, -0.25) is 0 Å². The van der Waals surface area contributed by atoms with Gasteiger partial charge in [-0.15, -0.1) is 11.6 Å². The average molecular weight is 236 g/mol. The molecule has 1 amide bonds. The molecule has 0 fully saturated rings. The van der Waals surface area contributed by atoms with E-state index in [-0.39, 0.29) is 12.4 Å². The predicted octanol–water partition coefficient (Wildman–Crippen LogP) is 2.47. The van der Waals surface area contributed by atoms with Crippen molar-refractivity contribution in [2.75, 3.05) is 0 Å². The topological polar surface area (TPSA) is 49.3 Å². The first-order valence-electron chi connectivity index (χ1n) is 4.04. The molecule has 2 N–H and O–H groups in total. The molecule has 0 unspecified atom stereocenters. The molecule has 0 atom stereocenters. The number of amides is 1. The van der Waals surface area contributed by atoms with Gasteiger partial charge in [0.05, 0.1) is 0 Å². The first-order chi connectivity index (χ1) is 7.04. The van der Waals surface area contributed by atoms with Crippen LogP contribution in [0.25, 0.3) is 0 Å². The van der Waals surface area contributed by atoms with E-state index in [4.69, 9.17) is 16.7 Å².